The molecule has 5 heteroatoms. The number of rotatable bonds is 3. The van der Waals surface area contributed by atoms with Gasteiger partial charge in [-0.15, -0.1) is 0 Å². The third-order valence-corrected chi connectivity index (χ3v) is 6.45. The van der Waals surface area contributed by atoms with Gasteiger partial charge in [0.2, 0.25) is 5.91 Å². The summed E-state index contributed by atoms with van der Waals surface area (Å²) in [7, 11) is 0. The Bertz CT molecular complexity index is 834. The average molecular weight is 403 g/mol. The zero-order valence-electron chi connectivity index (χ0n) is 15.5. The number of carbonyl (C=O) groups excluding carboxylic acids is 1. The van der Waals surface area contributed by atoms with Crippen molar-refractivity contribution in [1.29, 1.82) is 0 Å². The summed E-state index contributed by atoms with van der Waals surface area (Å²) in [6.07, 6.45) is 2.90. The molecule has 1 fully saturated rings. The topological polar surface area (TPSA) is 23.6 Å². The fourth-order valence-electron chi connectivity index (χ4n) is 4.41. The van der Waals surface area contributed by atoms with E-state index < -0.39 is 0 Å². The van der Waals surface area contributed by atoms with Gasteiger partial charge in [-0.3, -0.25) is 9.69 Å². The molecular formula is C22H24Cl2N2O. The van der Waals surface area contributed by atoms with Crippen molar-refractivity contribution in [2.75, 3.05) is 18.0 Å². The third-order valence-electron chi connectivity index (χ3n) is 5.74. The van der Waals surface area contributed by atoms with E-state index in [1.54, 1.807) is 0 Å². The van der Waals surface area contributed by atoms with Crippen molar-refractivity contribution in [2.24, 2.45) is 5.92 Å². The highest BCUT2D eigenvalue weighted by molar-refractivity contribution is 6.35. The van der Waals surface area contributed by atoms with E-state index in [0.29, 0.717) is 16.6 Å². The molecule has 2 aliphatic rings. The number of benzene rings is 2. The quantitative estimate of drug-likeness (QED) is 0.705. The smallest absolute Gasteiger partial charge is 0.231 e. The van der Waals surface area contributed by atoms with Crippen molar-refractivity contribution in [1.82, 2.24) is 4.90 Å². The summed E-state index contributed by atoms with van der Waals surface area (Å²) in [6.45, 7) is 4.56. The minimum Gasteiger partial charge on any atom is -0.309 e. The van der Waals surface area contributed by atoms with E-state index >= 15 is 0 Å². The van der Waals surface area contributed by atoms with Crippen LogP contribution in [0.5, 0.6) is 0 Å². The predicted molar refractivity (Wildman–Crippen MR) is 112 cm³/mol. The van der Waals surface area contributed by atoms with Gasteiger partial charge in [-0.05, 0) is 56.5 Å². The van der Waals surface area contributed by atoms with E-state index in [4.69, 9.17) is 23.2 Å². The first kappa shape index (κ1) is 18.8. The van der Waals surface area contributed by atoms with Gasteiger partial charge in [-0.1, -0.05) is 47.5 Å². The largest absolute Gasteiger partial charge is 0.309 e. The van der Waals surface area contributed by atoms with Gasteiger partial charge in [0.05, 0.1) is 5.92 Å². The van der Waals surface area contributed by atoms with Crippen molar-refractivity contribution >= 4 is 34.8 Å². The Morgan fingerprint density at radius 1 is 1.11 bits per heavy atom. The summed E-state index contributed by atoms with van der Waals surface area (Å²) < 4.78 is 0. The first-order valence-electron chi connectivity index (χ1n) is 9.61. The number of carbonyl (C=O) groups is 1. The van der Waals surface area contributed by atoms with Crippen LogP contribution in [-0.2, 0) is 17.8 Å². The normalized spacial score (nSPS) is 22.7. The lowest BCUT2D eigenvalue weighted by Gasteiger charge is -2.35. The number of para-hydroxylation sites is 1. The molecule has 0 saturated carbocycles. The molecule has 3 nitrogen and oxygen atoms in total. The molecule has 2 aromatic carbocycles. The van der Waals surface area contributed by atoms with Gasteiger partial charge < -0.3 is 4.90 Å². The van der Waals surface area contributed by atoms with Crippen molar-refractivity contribution in [3.8, 4) is 0 Å². The van der Waals surface area contributed by atoms with Crippen LogP contribution in [0.4, 0.5) is 5.69 Å². The maximum atomic E-state index is 13.4. The maximum Gasteiger partial charge on any atom is 0.231 e. The Kier molecular flexibility index (Phi) is 5.45. The monoisotopic (exact) mass is 402 g/mol. The van der Waals surface area contributed by atoms with E-state index in [-0.39, 0.29) is 17.9 Å². The zero-order valence-corrected chi connectivity index (χ0v) is 17.0. The van der Waals surface area contributed by atoms with Crippen LogP contribution < -0.4 is 4.90 Å². The standard InChI is InChI=1S/C22H24Cl2N2O/c1-15-12-16-6-2-3-10-21(16)26(15)22(27)17-7-5-11-25(13-17)14-18-19(23)8-4-9-20(18)24/h2-4,6,8-10,15,17H,5,7,11-14H2,1H3. The second-order valence-electron chi connectivity index (χ2n) is 7.66. The number of nitrogens with zero attached hydrogens (tertiary/aromatic N) is 2. The van der Waals surface area contributed by atoms with Crippen molar-refractivity contribution < 1.29 is 4.79 Å². The number of hydrogen-bond acceptors (Lipinski definition) is 2. The Morgan fingerprint density at radius 3 is 2.63 bits per heavy atom. The van der Waals surface area contributed by atoms with Crippen molar-refractivity contribution in [2.45, 2.75) is 38.8 Å². The molecule has 4 rings (SSSR count). The van der Waals surface area contributed by atoms with Gasteiger partial charge in [0.15, 0.2) is 0 Å². The number of halogens is 2. The molecule has 27 heavy (non-hydrogen) atoms. The molecule has 142 valence electrons. The summed E-state index contributed by atoms with van der Waals surface area (Å²) in [5.74, 6) is 0.274. The molecule has 2 atom stereocenters. The van der Waals surface area contributed by atoms with Gasteiger partial charge >= 0.3 is 0 Å². The molecule has 2 unspecified atom stereocenters. The van der Waals surface area contributed by atoms with Crippen molar-refractivity contribution in [3.63, 3.8) is 0 Å². The molecule has 0 N–H and O–H groups in total. The fourth-order valence-corrected chi connectivity index (χ4v) is 4.92. The minimum atomic E-state index is 0.0219. The summed E-state index contributed by atoms with van der Waals surface area (Å²) >= 11 is 12.7. The number of hydrogen-bond donors (Lipinski definition) is 0. The Labute approximate surface area is 170 Å². The van der Waals surface area contributed by atoms with Crippen LogP contribution in [0, 0.1) is 5.92 Å². The third kappa shape index (κ3) is 3.73. The summed E-state index contributed by atoms with van der Waals surface area (Å²) in [5, 5.41) is 1.39. The first-order chi connectivity index (χ1) is 13.0. The SMILES string of the molecule is CC1Cc2ccccc2N1C(=O)C1CCCN(Cc2c(Cl)cccc2Cl)C1. The fraction of sp³-hybridized carbons (Fsp3) is 0.409. The number of piperidine rings is 1. The number of amides is 1. The molecular weight excluding hydrogens is 379 g/mol. The lowest BCUT2D eigenvalue weighted by molar-refractivity contribution is -0.124. The minimum absolute atomic E-state index is 0.0219. The summed E-state index contributed by atoms with van der Waals surface area (Å²) in [5.41, 5.74) is 3.31. The van der Waals surface area contributed by atoms with E-state index in [0.717, 1.165) is 43.6 Å². The van der Waals surface area contributed by atoms with Crippen LogP contribution in [0.2, 0.25) is 10.0 Å². The van der Waals surface area contributed by atoms with Crippen LogP contribution >= 0.6 is 23.2 Å². The molecule has 1 amide bonds. The maximum absolute atomic E-state index is 13.4. The molecule has 2 aromatic rings. The van der Waals surface area contributed by atoms with Crippen LogP contribution in [0.15, 0.2) is 42.5 Å². The molecule has 0 radical (unpaired) electrons. The molecule has 0 spiro atoms. The number of anilines is 1. The molecule has 2 aliphatic heterocycles. The summed E-state index contributed by atoms with van der Waals surface area (Å²) in [6, 6.07) is 14.1. The molecule has 1 saturated heterocycles. The van der Waals surface area contributed by atoms with Gasteiger partial charge in [0.25, 0.3) is 0 Å². The molecule has 0 aliphatic carbocycles. The second kappa shape index (κ2) is 7.83. The predicted octanol–water partition coefficient (Wildman–Crippen LogP) is 5.18. The Hall–Kier alpha value is -1.55. The second-order valence-corrected chi connectivity index (χ2v) is 8.48. The lowest BCUT2D eigenvalue weighted by atomic mass is 9.95. The number of fused-ring (bicyclic) bond motifs is 1. The van der Waals surface area contributed by atoms with E-state index in [1.165, 1.54) is 5.56 Å². The Morgan fingerprint density at radius 2 is 1.85 bits per heavy atom. The van der Waals surface area contributed by atoms with Crippen LogP contribution in [-0.4, -0.2) is 29.9 Å². The van der Waals surface area contributed by atoms with Crippen LogP contribution in [0.1, 0.15) is 30.9 Å². The molecule has 0 bridgehead atoms. The van der Waals surface area contributed by atoms with Gasteiger partial charge in [-0.25, -0.2) is 0 Å². The Balaban J connectivity index is 1.49. The van der Waals surface area contributed by atoms with E-state index in [2.05, 4.69) is 30.0 Å². The highest BCUT2D eigenvalue weighted by Crippen LogP contribution is 2.35. The highest BCUT2D eigenvalue weighted by Gasteiger charge is 2.36. The van der Waals surface area contributed by atoms with Crippen LogP contribution in [0.25, 0.3) is 0 Å². The van der Waals surface area contributed by atoms with E-state index in [9.17, 15) is 4.79 Å². The van der Waals surface area contributed by atoms with E-state index in [1.807, 2.05) is 29.2 Å². The van der Waals surface area contributed by atoms with Gasteiger partial charge in [0.1, 0.15) is 0 Å². The number of likely N-dealkylation sites (tertiary alicyclic amines) is 1. The zero-order chi connectivity index (χ0) is 19.0. The average Bonchev–Trinajstić information content (AvgIpc) is 3.00. The molecule has 2 heterocycles. The highest BCUT2D eigenvalue weighted by atomic mass is 35.5. The lowest BCUT2D eigenvalue weighted by Crippen LogP contribution is -2.46. The van der Waals surface area contributed by atoms with Crippen molar-refractivity contribution in [3.05, 3.63) is 63.6 Å². The van der Waals surface area contributed by atoms with Gasteiger partial charge in [-0.2, -0.15) is 0 Å². The molecule has 0 aromatic heterocycles. The van der Waals surface area contributed by atoms with Crippen LogP contribution in [0.3, 0.4) is 0 Å². The summed E-state index contributed by atoms with van der Waals surface area (Å²) in [4.78, 5) is 17.7. The first-order valence-corrected chi connectivity index (χ1v) is 10.4. The van der Waals surface area contributed by atoms with Gasteiger partial charge in [0, 0.05) is 40.4 Å².